The Bertz CT molecular complexity index is 678. The monoisotopic (exact) mass is 330 g/mol. The van der Waals surface area contributed by atoms with E-state index in [9.17, 15) is 4.79 Å². The quantitative estimate of drug-likeness (QED) is 0.916. The zero-order valence-electron chi connectivity index (χ0n) is 14.7. The summed E-state index contributed by atoms with van der Waals surface area (Å²) in [6.45, 7) is 6.38. The van der Waals surface area contributed by atoms with Gasteiger partial charge in [0.25, 0.3) is 5.91 Å². The van der Waals surface area contributed by atoms with Gasteiger partial charge < -0.3 is 19.2 Å². The number of aryl methyl sites for hydroxylation is 3. The van der Waals surface area contributed by atoms with Crippen LogP contribution in [0.4, 0.5) is 0 Å². The van der Waals surface area contributed by atoms with Crippen molar-refractivity contribution in [1.29, 1.82) is 0 Å². The summed E-state index contributed by atoms with van der Waals surface area (Å²) in [6.07, 6.45) is 7.58. The van der Waals surface area contributed by atoms with Crippen LogP contribution in [0.2, 0.25) is 0 Å². The SMILES string of the molecule is CCn1ccnc1[C@@H](NC(=O)c1c(C)ccn1C)C1CCOCC1. The third-order valence-corrected chi connectivity index (χ3v) is 4.88. The Balaban J connectivity index is 1.88. The summed E-state index contributed by atoms with van der Waals surface area (Å²) in [4.78, 5) is 17.4. The van der Waals surface area contributed by atoms with Crippen LogP contribution in [-0.4, -0.2) is 33.2 Å². The number of aromatic nitrogens is 3. The molecule has 3 rings (SSSR count). The maximum absolute atomic E-state index is 12.9. The normalized spacial score (nSPS) is 17.0. The number of nitrogens with one attached hydrogen (secondary N) is 1. The van der Waals surface area contributed by atoms with Crippen LogP contribution in [0.25, 0.3) is 0 Å². The van der Waals surface area contributed by atoms with Crippen molar-refractivity contribution >= 4 is 5.91 Å². The molecule has 1 saturated heterocycles. The number of carbonyl (C=O) groups excluding carboxylic acids is 1. The highest BCUT2D eigenvalue weighted by Gasteiger charge is 2.31. The van der Waals surface area contributed by atoms with Crippen molar-refractivity contribution in [1.82, 2.24) is 19.4 Å². The molecule has 0 unspecified atom stereocenters. The summed E-state index contributed by atoms with van der Waals surface area (Å²) in [6, 6.07) is 1.87. The van der Waals surface area contributed by atoms with Gasteiger partial charge >= 0.3 is 0 Å². The van der Waals surface area contributed by atoms with Gasteiger partial charge in [0.1, 0.15) is 11.5 Å². The lowest BCUT2D eigenvalue weighted by Gasteiger charge is -2.31. The van der Waals surface area contributed by atoms with E-state index in [4.69, 9.17) is 4.74 Å². The van der Waals surface area contributed by atoms with Crippen molar-refractivity contribution in [2.24, 2.45) is 13.0 Å². The molecule has 0 radical (unpaired) electrons. The van der Waals surface area contributed by atoms with Crippen LogP contribution in [0.3, 0.4) is 0 Å². The van der Waals surface area contributed by atoms with Crippen molar-refractivity contribution in [3.8, 4) is 0 Å². The minimum absolute atomic E-state index is 0.0397. The van der Waals surface area contributed by atoms with Crippen LogP contribution in [-0.2, 0) is 18.3 Å². The van der Waals surface area contributed by atoms with E-state index < -0.39 is 0 Å². The van der Waals surface area contributed by atoms with Gasteiger partial charge in [0.05, 0.1) is 6.04 Å². The Morgan fingerprint density at radius 2 is 2.17 bits per heavy atom. The fourth-order valence-corrected chi connectivity index (χ4v) is 3.51. The van der Waals surface area contributed by atoms with Crippen molar-refractivity contribution in [3.05, 3.63) is 41.7 Å². The lowest BCUT2D eigenvalue weighted by molar-refractivity contribution is 0.0497. The van der Waals surface area contributed by atoms with E-state index in [-0.39, 0.29) is 11.9 Å². The molecular formula is C18H26N4O2. The van der Waals surface area contributed by atoms with Gasteiger partial charge in [-0.15, -0.1) is 0 Å². The average molecular weight is 330 g/mol. The molecule has 1 aliphatic rings. The van der Waals surface area contributed by atoms with E-state index in [1.165, 1.54) is 0 Å². The Labute approximate surface area is 142 Å². The fraction of sp³-hybridized carbons (Fsp3) is 0.556. The molecule has 0 spiro atoms. The Kier molecular flexibility index (Phi) is 5.04. The number of rotatable bonds is 5. The fourth-order valence-electron chi connectivity index (χ4n) is 3.51. The van der Waals surface area contributed by atoms with Crippen molar-refractivity contribution in [3.63, 3.8) is 0 Å². The summed E-state index contributed by atoms with van der Waals surface area (Å²) in [5, 5.41) is 3.25. The van der Waals surface area contributed by atoms with Gasteiger partial charge in [-0.2, -0.15) is 0 Å². The second-order valence-electron chi connectivity index (χ2n) is 6.43. The lowest BCUT2D eigenvalue weighted by atomic mass is 9.91. The number of imidazole rings is 1. The molecular weight excluding hydrogens is 304 g/mol. The summed E-state index contributed by atoms with van der Waals surface area (Å²) in [5.41, 5.74) is 1.70. The summed E-state index contributed by atoms with van der Waals surface area (Å²) >= 11 is 0. The van der Waals surface area contributed by atoms with E-state index >= 15 is 0 Å². The van der Waals surface area contributed by atoms with Crippen LogP contribution in [0.15, 0.2) is 24.7 Å². The maximum Gasteiger partial charge on any atom is 0.268 e. The molecule has 130 valence electrons. The third-order valence-electron chi connectivity index (χ3n) is 4.88. The average Bonchev–Trinajstić information content (AvgIpc) is 3.19. The second-order valence-corrected chi connectivity index (χ2v) is 6.43. The first-order valence-corrected chi connectivity index (χ1v) is 8.63. The molecule has 1 amide bonds. The highest BCUT2D eigenvalue weighted by molar-refractivity contribution is 5.94. The molecule has 1 N–H and O–H groups in total. The first-order valence-electron chi connectivity index (χ1n) is 8.63. The van der Waals surface area contributed by atoms with Crippen LogP contribution >= 0.6 is 0 Å². The van der Waals surface area contributed by atoms with E-state index in [0.717, 1.165) is 44.0 Å². The zero-order valence-corrected chi connectivity index (χ0v) is 14.7. The van der Waals surface area contributed by atoms with Crippen molar-refractivity contribution in [2.45, 2.75) is 39.3 Å². The number of hydrogen-bond donors (Lipinski definition) is 1. The maximum atomic E-state index is 12.9. The predicted octanol–water partition coefficient (Wildman–Crippen LogP) is 2.45. The second kappa shape index (κ2) is 7.21. The van der Waals surface area contributed by atoms with Crippen LogP contribution < -0.4 is 5.32 Å². The van der Waals surface area contributed by atoms with Crippen LogP contribution in [0.5, 0.6) is 0 Å². The van der Waals surface area contributed by atoms with Crippen molar-refractivity contribution < 1.29 is 9.53 Å². The van der Waals surface area contributed by atoms with Crippen LogP contribution in [0.1, 0.15) is 47.7 Å². The molecule has 1 aliphatic heterocycles. The summed E-state index contributed by atoms with van der Waals surface area (Å²) < 4.78 is 9.48. The van der Waals surface area contributed by atoms with Gasteiger partial charge in [0, 0.05) is 45.4 Å². The summed E-state index contributed by atoms with van der Waals surface area (Å²) in [7, 11) is 1.90. The van der Waals surface area contributed by atoms with Crippen molar-refractivity contribution in [2.75, 3.05) is 13.2 Å². The highest BCUT2D eigenvalue weighted by atomic mass is 16.5. The standard InChI is InChI=1S/C18H26N4O2/c1-4-22-10-8-19-17(22)15(14-6-11-24-12-7-14)20-18(23)16-13(2)5-9-21(16)3/h5,8-10,14-15H,4,6-7,11-12H2,1-3H3,(H,20,23)/t15-/m0/s1. The minimum atomic E-state index is -0.0920. The lowest BCUT2D eigenvalue weighted by Crippen LogP contribution is -2.38. The minimum Gasteiger partial charge on any atom is -0.381 e. The molecule has 0 aromatic carbocycles. The van der Waals surface area contributed by atoms with E-state index in [1.807, 2.05) is 43.2 Å². The predicted molar refractivity (Wildman–Crippen MR) is 91.8 cm³/mol. The molecule has 3 heterocycles. The van der Waals surface area contributed by atoms with E-state index in [0.29, 0.717) is 11.6 Å². The van der Waals surface area contributed by atoms with Gasteiger partial charge in [0.15, 0.2) is 0 Å². The first-order chi connectivity index (χ1) is 11.6. The van der Waals surface area contributed by atoms with Gasteiger partial charge in [-0.3, -0.25) is 4.79 Å². The molecule has 0 saturated carbocycles. The number of amides is 1. The molecule has 6 heteroatoms. The summed E-state index contributed by atoms with van der Waals surface area (Å²) in [5.74, 6) is 1.24. The molecule has 1 fully saturated rings. The molecule has 24 heavy (non-hydrogen) atoms. The van der Waals surface area contributed by atoms with Gasteiger partial charge in [-0.25, -0.2) is 4.98 Å². The van der Waals surface area contributed by atoms with Gasteiger partial charge in [-0.1, -0.05) is 0 Å². The Morgan fingerprint density at radius 1 is 1.42 bits per heavy atom. The molecule has 1 atom stereocenters. The zero-order chi connectivity index (χ0) is 17.1. The smallest absolute Gasteiger partial charge is 0.268 e. The van der Waals surface area contributed by atoms with E-state index in [1.54, 1.807) is 0 Å². The number of carbonyl (C=O) groups is 1. The number of hydrogen-bond acceptors (Lipinski definition) is 3. The first kappa shape index (κ1) is 16.8. The Morgan fingerprint density at radius 3 is 2.79 bits per heavy atom. The van der Waals surface area contributed by atoms with E-state index in [2.05, 4.69) is 21.8 Å². The molecule has 2 aromatic rings. The number of nitrogens with zero attached hydrogens (tertiary/aromatic N) is 3. The third kappa shape index (κ3) is 3.24. The molecule has 0 bridgehead atoms. The Hall–Kier alpha value is -2.08. The largest absolute Gasteiger partial charge is 0.381 e. The molecule has 2 aromatic heterocycles. The number of ether oxygens (including phenoxy) is 1. The van der Waals surface area contributed by atoms with Gasteiger partial charge in [-0.05, 0) is 44.2 Å². The topological polar surface area (TPSA) is 61.1 Å². The molecule has 0 aliphatic carbocycles. The highest BCUT2D eigenvalue weighted by Crippen LogP contribution is 2.30. The van der Waals surface area contributed by atoms with Crippen LogP contribution in [0, 0.1) is 12.8 Å². The van der Waals surface area contributed by atoms with Gasteiger partial charge in [0.2, 0.25) is 0 Å². The molecule has 6 nitrogen and oxygen atoms in total.